The van der Waals surface area contributed by atoms with Crippen molar-refractivity contribution in [1.29, 1.82) is 0 Å². The zero-order valence-corrected chi connectivity index (χ0v) is 13.7. The van der Waals surface area contributed by atoms with Crippen molar-refractivity contribution in [3.8, 4) is 0 Å². The van der Waals surface area contributed by atoms with E-state index in [9.17, 15) is 0 Å². The molecule has 0 aliphatic rings. The molecular formula is C10H7Cl5N2O4. The van der Waals surface area contributed by atoms with Gasteiger partial charge in [0.25, 0.3) is 0 Å². The summed E-state index contributed by atoms with van der Waals surface area (Å²) in [5.74, 6) is 0. The number of hydrogen-bond donors (Lipinski definition) is 1. The molecule has 0 spiro atoms. The van der Waals surface area contributed by atoms with Gasteiger partial charge in [0.1, 0.15) is 0 Å². The zero-order chi connectivity index (χ0) is 16.5. The summed E-state index contributed by atoms with van der Waals surface area (Å²) in [5, 5.41) is 2.27. The van der Waals surface area contributed by atoms with Crippen LogP contribution in [0.25, 0.3) is 0 Å². The normalized spacial score (nSPS) is 9.90. The van der Waals surface area contributed by atoms with Crippen molar-refractivity contribution < 1.29 is 28.9 Å². The molecule has 2 aromatic rings. The van der Waals surface area contributed by atoms with Gasteiger partial charge in [-0.1, -0.05) is 46.4 Å². The zero-order valence-electron chi connectivity index (χ0n) is 9.92. The minimum absolute atomic E-state index is 0.567. The predicted molar refractivity (Wildman–Crippen MR) is 70.7 cm³/mol. The van der Waals surface area contributed by atoms with Crippen molar-refractivity contribution in [2.24, 2.45) is 0 Å². The molecule has 0 atom stereocenters. The van der Waals surface area contributed by atoms with Crippen molar-refractivity contribution in [3.63, 3.8) is 0 Å². The Balaban J connectivity index is 0.000000296. The largest absolute Gasteiger partial charge is 0.262 e. The Morgan fingerprint density at radius 3 is 1.00 bits per heavy atom. The van der Waals surface area contributed by atoms with Crippen LogP contribution < -0.4 is 14.0 Å². The van der Waals surface area contributed by atoms with E-state index < -0.39 is 10.2 Å². The number of nitrogens with zero attached hydrogens (tertiary/aromatic N) is 2. The van der Waals surface area contributed by atoms with Crippen LogP contribution in [0, 0.1) is 10.2 Å². The van der Waals surface area contributed by atoms with Gasteiger partial charge in [-0.15, -0.1) is 0 Å². The third-order valence-corrected chi connectivity index (χ3v) is 2.17. The molecular weight excluding hydrogens is 389 g/mol. The van der Waals surface area contributed by atoms with Crippen LogP contribution in [0.5, 0.6) is 0 Å². The Hall–Kier alpha value is -0.410. The summed E-state index contributed by atoms with van der Waals surface area (Å²) in [6.45, 7) is 0. The molecule has 0 saturated carbocycles. The highest BCUT2D eigenvalue weighted by molar-refractivity contribution is 6.34. The Labute approximate surface area is 142 Å². The van der Waals surface area contributed by atoms with Gasteiger partial charge in [-0.3, -0.25) is 9.97 Å². The van der Waals surface area contributed by atoms with Crippen LogP contribution in [0.1, 0.15) is 0 Å². The summed E-state index contributed by atoms with van der Waals surface area (Å²) < 4.78 is 32.7. The van der Waals surface area contributed by atoms with Crippen LogP contribution in [0.15, 0.2) is 36.9 Å². The van der Waals surface area contributed by atoms with Crippen LogP contribution in [0.3, 0.4) is 0 Å². The number of rotatable bonds is 0. The van der Waals surface area contributed by atoms with E-state index in [1.165, 1.54) is 24.8 Å². The smallest absolute Gasteiger partial charge is 0.0777 e. The molecule has 6 nitrogen and oxygen atoms in total. The molecule has 2 rings (SSSR count). The number of halogens is 5. The van der Waals surface area contributed by atoms with E-state index in [4.69, 9.17) is 65.0 Å². The lowest BCUT2D eigenvalue weighted by Gasteiger charge is -2.03. The van der Waals surface area contributed by atoms with E-state index in [2.05, 4.69) is 9.97 Å². The first kappa shape index (κ1) is 20.6. The third kappa shape index (κ3) is 15.8. The van der Waals surface area contributed by atoms with Gasteiger partial charge in [-0.25, -0.2) is 0 Å². The first-order valence-electron chi connectivity index (χ1n) is 4.73. The molecule has 0 fully saturated rings. The molecule has 0 aromatic carbocycles. The molecule has 0 saturated heterocycles. The number of pyridine rings is 2. The summed E-state index contributed by atoms with van der Waals surface area (Å²) in [7, 11) is -4.69. The molecule has 2 aromatic heterocycles. The molecule has 0 aliphatic carbocycles. The fraction of sp³-hybridized carbons (Fsp3) is 0. The van der Waals surface area contributed by atoms with E-state index >= 15 is 0 Å². The number of hydrogen-bond acceptors (Lipinski definition) is 6. The average molecular weight is 396 g/mol. The lowest BCUT2D eigenvalue weighted by atomic mass is 10.5. The van der Waals surface area contributed by atoms with Gasteiger partial charge in [0.05, 0.1) is 35.0 Å². The summed E-state index contributed by atoms with van der Waals surface area (Å²) in [4.78, 5) is 7.44. The Kier molecular flexibility index (Phi) is 10.1. The fourth-order valence-corrected chi connectivity index (χ4v) is 1.58. The molecule has 116 valence electrons. The van der Waals surface area contributed by atoms with Crippen molar-refractivity contribution >= 4 is 46.4 Å². The second kappa shape index (κ2) is 10.3. The molecule has 0 unspecified atom stereocenters. The summed E-state index contributed by atoms with van der Waals surface area (Å²) in [6, 6.07) is 3.27. The second-order valence-corrected chi connectivity index (χ2v) is 5.58. The standard InChI is InChI=1S/2C5H3Cl2N.ClHO4/c2*6-4-1-5(7)3-8-2-4;2-1(3,4)5/h2*1-3H;(H,2,3,4,5). The van der Waals surface area contributed by atoms with Gasteiger partial charge >= 0.3 is 0 Å². The third-order valence-electron chi connectivity index (χ3n) is 1.34. The van der Waals surface area contributed by atoms with Crippen molar-refractivity contribution in [3.05, 3.63) is 57.0 Å². The quantitative estimate of drug-likeness (QED) is 0.699. The monoisotopic (exact) mass is 394 g/mol. The van der Waals surface area contributed by atoms with Gasteiger partial charge < -0.3 is 0 Å². The molecule has 0 bridgehead atoms. The minimum atomic E-state index is -4.69. The van der Waals surface area contributed by atoms with Crippen molar-refractivity contribution in [2.45, 2.75) is 0 Å². The Morgan fingerprint density at radius 2 is 0.905 bits per heavy atom. The van der Waals surface area contributed by atoms with Gasteiger partial charge in [-0.2, -0.15) is 14.0 Å². The summed E-state index contributed by atoms with van der Waals surface area (Å²) in [6.07, 6.45) is 6.14. The first-order valence-corrected chi connectivity index (χ1v) is 7.51. The molecule has 2 heterocycles. The Bertz CT molecular complexity index is 469. The Morgan fingerprint density at radius 1 is 0.714 bits per heavy atom. The maximum absolute atomic E-state index is 8.60. The first-order chi connectivity index (χ1) is 9.58. The van der Waals surface area contributed by atoms with E-state index in [0.717, 1.165) is 0 Å². The molecule has 0 radical (unpaired) electrons. The van der Waals surface area contributed by atoms with Crippen LogP contribution in [-0.2, 0) is 0 Å². The van der Waals surface area contributed by atoms with Gasteiger partial charge in [0.2, 0.25) is 0 Å². The van der Waals surface area contributed by atoms with E-state index in [1.807, 2.05) is 0 Å². The fourth-order valence-electron chi connectivity index (χ4n) is 0.772. The van der Waals surface area contributed by atoms with Gasteiger partial charge in [0, 0.05) is 24.8 Å². The SMILES string of the molecule is Clc1cncc(Cl)c1.Clc1cncc(Cl)c1.[O-][Cl+3]([O-])([O-])O. The molecule has 1 N–H and O–H groups in total. The average Bonchev–Trinajstić information content (AvgIpc) is 2.26. The molecule has 0 amide bonds. The minimum Gasteiger partial charge on any atom is -0.262 e. The molecule has 0 aliphatic heterocycles. The van der Waals surface area contributed by atoms with Crippen LogP contribution >= 0.6 is 46.4 Å². The van der Waals surface area contributed by atoms with Crippen molar-refractivity contribution in [2.75, 3.05) is 0 Å². The summed E-state index contributed by atoms with van der Waals surface area (Å²) in [5.41, 5.74) is 0. The van der Waals surface area contributed by atoms with Gasteiger partial charge in [-0.05, 0) is 12.1 Å². The topological polar surface area (TPSA) is 115 Å². The highest BCUT2D eigenvalue weighted by Crippen LogP contribution is 2.12. The summed E-state index contributed by atoms with van der Waals surface area (Å²) >= 11 is 22.0. The van der Waals surface area contributed by atoms with E-state index in [-0.39, 0.29) is 0 Å². The second-order valence-electron chi connectivity index (χ2n) is 3.04. The molecule has 21 heavy (non-hydrogen) atoms. The molecule has 11 heteroatoms. The van der Waals surface area contributed by atoms with Crippen molar-refractivity contribution in [1.82, 2.24) is 9.97 Å². The van der Waals surface area contributed by atoms with E-state index in [1.54, 1.807) is 12.1 Å². The van der Waals surface area contributed by atoms with Crippen LogP contribution in [-0.4, -0.2) is 14.6 Å². The maximum Gasteiger partial charge on any atom is 0.0777 e. The highest BCUT2D eigenvalue weighted by Gasteiger charge is 1.98. The predicted octanol–water partition coefficient (Wildman–Crippen LogP) is 0.653. The lowest BCUT2D eigenvalue weighted by molar-refractivity contribution is -1.92. The van der Waals surface area contributed by atoms with Gasteiger partial charge in [0.15, 0.2) is 0 Å². The number of aromatic nitrogens is 2. The maximum atomic E-state index is 8.60. The van der Waals surface area contributed by atoms with Crippen LogP contribution in [0.2, 0.25) is 20.1 Å². The van der Waals surface area contributed by atoms with Crippen LogP contribution in [0.4, 0.5) is 0 Å². The highest BCUT2D eigenvalue weighted by atomic mass is 35.7. The van der Waals surface area contributed by atoms with E-state index in [0.29, 0.717) is 20.1 Å². The lowest BCUT2D eigenvalue weighted by Crippen LogP contribution is -2.58.